The molecule has 3 atom stereocenters. The average Bonchev–Trinajstić information content (AvgIpc) is 2.65. The molecule has 0 bridgehead atoms. The standard InChI is InChI=1S/C21H23F2IN2O4/c1-21(4-5-30-19-3-2-15(24)10-16(19)21)25-11-18(27)17(26-20(28)29)8-12-6-13(22)9-14(23)7-12/h2-3,6-7,9-10,17-18,25-27H,4-5,8,11H2,1H3,(H,28,29)/t17-,18+,21?/m0/s1. The fourth-order valence-electron chi connectivity index (χ4n) is 3.64. The van der Waals surface area contributed by atoms with E-state index in [0.29, 0.717) is 13.0 Å². The molecule has 2 aromatic rings. The first-order valence-corrected chi connectivity index (χ1v) is 10.5. The molecule has 1 heterocycles. The molecule has 0 radical (unpaired) electrons. The number of rotatable bonds is 7. The Morgan fingerprint density at radius 1 is 1.27 bits per heavy atom. The third-order valence-corrected chi connectivity index (χ3v) is 5.92. The number of hydrogen-bond acceptors (Lipinski definition) is 4. The third kappa shape index (κ3) is 5.58. The van der Waals surface area contributed by atoms with Crippen LogP contribution in [0.3, 0.4) is 0 Å². The second kappa shape index (κ2) is 9.44. The molecule has 1 aliphatic rings. The van der Waals surface area contributed by atoms with Crippen molar-refractivity contribution in [1.29, 1.82) is 0 Å². The summed E-state index contributed by atoms with van der Waals surface area (Å²) >= 11 is 2.22. The lowest BCUT2D eigenvalue weighted by Crippen LogP contribution is -2.52. The highest BCUT2D eigenvalue weighted by molar-refractivity contribution is 14.1. The molecule has 1 aliphatic heterocycles. The van der Waals surface area contributed by atoms with Crippen molar-refractivity contribution in [3.8, 4) is 5.75 Å². The molecule has 1 unspecified atom stereocenters. The summed E-state index contributed by atoms with van der Waals surface area (Å²) in [6.45, 7) is 2.58. The van der Waals surface area contributed by atoms with E-state index < -0.39 is 35.4 Å². The molecule has 1 amide bonds. The normalized spacial score (nSPS) is 20.0. The van der Waals surface area contributed by atoms with Crippen LogP contribution in [0, 0.1) is 15.2 Å². The summed E-state index contributed by atoms with van der Waals surface area (Å²) in [5.74, 6) is -0.748. The summed E-state index contributed by atoms with van der Waals surface area (Å²) in [7, 11) is 0. The van der Waals surface area contributed by atoms with Gasteiger partial charge in [-0.05, 0) is 71.8 Å². The lowest BCUT2D eigenvalue weighted by molar-refractivity contribution is 0.101. The maximum atomic E-state index is 13.5. The molecular formula is C21H23F2IN2O4. The number of carbonyl (C=O) groups is 1. The average molecular weight is 532 g/mol. The van der Waals surface area contributed by atoms with Crippen LogP contribution in [0.25, 0.3) is 0 Å². The van der Waals surface area contributed by atoms with E-state index in [2.05, 4.69) is 33.2 Å². The molecule has 3 rings (SSSR count). The van der Waals surface area contributed by atoms with Crippen LogP contribution in [0.2, 0.25) is 0 Å². The molecule has 2 aromatic carbocycles. The molecule has 0 saturated heterocycles. The van der Waals surface area contributed by atoms with Gasteiger partial charge < -0.3 is 25.6 Å². The summed E-state index contributed by atoms with van der Waals surface area (Å²) < 4.78 is 33.7. The van der Waals surface area contributed by atoms with Gasteiger partial charge in [0.25, 0.3) is 0 Å². The summed E-state index contributed by atoms with van der Waals surface area (Å²) in [6.07, 6.45) is -1.84. The zero-order chi connectivity index (χ0) is 21.9. The van der Waals surface area contributed by atoms with Crippen LogP contribution in [-0.2, 0) is 12.0 Å². The number of nitrogens with one attached hydrogen (secondary N) is 2. The number of carboxylic acid groups (broad SMARTS) is 1. The number of amides is 1. The van der Waals surface area contributed by atoms with Gasteiger partial charge in [0, 0.05) is 33.7 Å². The molecule has 6 nitrogen and oxygen atoms in total. The number of aliphatic hydroxyl groups is 1. The highest BCUT2D eigenvalue weighted by Gasteiger charge is 2.34. The van der Waals surface area contributed by atoms with E-state index >= 15 is 0 Å². The molecule has 0 saturated carbocycles. The Kier molecular flexibility index (Phi) is 7.14. The van der Waals surface area contributed by atoms with Gasteiger partial charge in [-0.15, -0.1) is 0 Å². The SMILES string of the molecule is CC1(NC[C@@H](O)[C@H](Cc2cc(F)cc(F)c2)NC(=O)O)CCOc2ccc(I)cc21. The Labute approximate surface area is 186 Å². The van der Waals surface area contributed by atoms with Gasteiger partial charge in [-0.25, -0.2) is 13.6 Å². The van der Waals surface area contributed by atoms with E-state index in [1.165, 1.54) is 0 Å². The number of fused-ring (bicyclic) bond motifs is 1. The van der Waals surface area contributed by atoms with E-state index in [0.717, 1.165) is 33.1 Å². The Balaban J connectivity index is 1.74. The van der Waals surface area contributed by atoms with Gasteiger partial charge in [-0.3, -0.25) is 0 Å². The van der Waals surface area contributed by atoms with Gasteiger partial charge in [0.05, 0.1) is 18.8 Å². The molecule has 0 spiro atoms. The van der Waals surface area contributed by atoms with Crippen molar-refractivity contribution in [3.63, 3.8) is 0 Å². The summed E-state index contributed by atoms with van der Waals surface area (Å²) in [5.41, 5.74) is 0.736. The van der Waals surface area contributed by atoms with Gasteiger partial charge >= 0.3 is 6.09 Å². The fourth-order valence-corrected chi connectivity index (χ4v) is 4.13. The summed E-state index contributed by atoms with van der Waals surface area (Å²) in [4.78, 5) is 11.2. The van der Waals surface area contributed by atoms with Crippen LogP contribution in [0.1, 0.15) is 24.5 Å². The zero-order valence-electron chi connectivity index (χ0n) is 16.3. The van der Waals surface area contributed by atoms with Crippen LogP contribution >= 0.6 is 22.6 Å². The number of hydrogen-bond donors (Lipinski definition) is 4. The minimum absolute atomic E-state index is 0.0574. The predicted molar refractivity (Wildman–Crippen MR) is 116 cm³/mol. The lowest BCUT2D eigenvalue weighted by Gasteiger charge is -2.38. The Morgan fingerprint density at radius 2 is 1.97 bits per heavy atom. The van der Waals surface area contributed by atoms with Crippen LogP contribution in [-0.4, -0.2) is 41.6 Å². The van der Waals surface area contributed by atoms with Crippen LogP contribution < -0.4 is 15.4 Å². The number of aliphatic hydroxyl groups excluding tert-OH is 1. The summed E-state index contributed by atoms with van der Waals surface area (Å²) in [5, 5.41) is 25.4. The van der Waals surface area contributed by atoms with Gasteiger partial charge in [0.1, 0.15) is 17.4 Å². The highest BCUT2D eigenvalue weighted by atomic mass is 127. The Bertz CT molecular complexity index is 910. The maximum Gasteiger partial charge on any atom is 0.404 e. The van der Waals surface area contributed by atoms with Gasteiger partial charge in [-0.2, -0.15) is 0 Å². The maximum absolute atomic E-state index is 13.5. The number of ether oxygens (including phenoxy) is 1. The fraction of sp³-hybridized carbons (Fsp3) is 0.381. The largest absolute Gasteiger partial charge is 0.493 e. The minimum atomic E-state index is -1.33. The van der Waals surface area contributed by atoms with Crippen molar-refractivity contribution in [1.82, 2.24) is 10.6 Å². The van der Waals surface area contributed by atoms with Crippen LogP contribution in [0.15, 0.2) is 36.4 Å². The molecule has 30 heavy (non-hydrogen) atoms. The molecular weight excluding hydrogens is 509 g/mol. The highest BCUT2D eigenvalue weighted by Crippen LogP contribution is 2.37. The molecule has 4 N–H and O–H groups in total. The molecule has 0 aliphatic carbocycles. The topological polar surface area (TPSA) is 90.8 Å². The van der Waals surface area contributed by atoms with E-state index in [1.54, 1.807) is 0 Å². The second-order valence-electron chi connectivity index (χ2n) is 7.56. The molecule has 0 aromatic heterocycles. The number of benzene rings is 2. The van der Waals surface area contributed by atoms with Crippen molar-refractivity contribution in [2.75, 3.05) is 13.2 Å². The lowest BCUT2D eigenvalue weighted by atomic mass is 9.86. The molecule has 162 valence electrons. The zero-order valence-corrected chi connectivity index (χ0v) is 18.4. The van der Waals surface area contributed by atoms with Crippen molar-refractivity contribution in [2.45, 2.75) is 37.5 Å². The van der Waals surface area contributed by atoms with Crippen molar-refractivity contribution < 1.29 is 28.5 Å². The first-order valence-electron chi connectivity index (χ1n) is 9.46. The second-order valence-corrected chi connectivity index (χ2v) is 8.80. The van der Waals surface area contributed by atoms with Crippen LogP contribution in [0.5, 0.6) is 5.75 Å². The Morgan fingerprint density at radius 3 is 2.63 bits per heavy atom. The minimum Gasteiger partial charge on any atom is -0.493 e. The van der Waals surface area contributed by atoms with E-state index in [1.807, 2.05) is 25.1 Å². The van der Waals surface area contributed by atoms with E-state index in [-0.39, 0.29) is 18.5 Å². The Hall–Kier alpha value is -1.98. The van der Waals surface area contributed by atoms with Gasteiger partial charge in [0.15, 0.2) is 0 Å². The quantitative estimate of drug-likeness (QED) is 0.411. The molecule has 9 heteroatoms. The molecule has 0 fully saturated rings. The van der Waals surface area contributed by atoms with E-state index in [9.17, 15) is 18.7 Å². The smallest absolute Gasteiger partial charge is 0.404 e. The predicted octanol–water partition coefficient (Wildman–Crippen LogP) is 3.40. The number of halogens is 3. The van der Waals surface area contributed by atoms with Crippen molar-refractivity contribution >= 4 is 28.7 Å². The van der Waals surface area contributed by atoms with Gasteiger partial charge in [0.2, 0.25) is 0 Å². The first kappa shape index (κ1) is 22.7. The van der Waals surface area contributed by atoms with Crippen molar-refractivity contribution in [3.05, 3.63) is 62.7 Å². The van der Waals surface area contributed by atoms with Crippen LogP contribution in [0.4, 0.5) is 13.6 Å². The first-order chi connectivity index (χ1) is 14.2. The van der Waals surface area contributed by atoms with E-state index in [4.69, 9.17) is 9.84 Å². The monoisotopic (exact) mass is 532 g/mol. The van der Waals surface area contributed by atoms with Gasteiger partial charge in [-0.1, -0.05) is 0 Å². The third-order valence-electron chi connectivity index (χ3n) is 5.25. The van der Waals surface area contributed by atoms with Crippen molar-refractivity contribution in [2.24, 2.45) is 0 Å². The summed E-state index contributed by atoms with van der Waals surface area (Å²) in [6, 6.07) is 7.90.